The fourth-order valence-electron chi connectivity index (χ4n) is 2.12. The molecule has 28 heavy (non-hydrogen) atoms. The quantitative estimate of drug-likeness (QED) is 0.358. The van der Waals surface area contributed by atoms with Crippen LogP contribution in [0.2, 0.25) is 10.0 Å². The lowest BCUT2D eigenvalue weighted by Crippen LogP contribution is -2.48. The molecule has 2 aromatic carbocycles. The van der Waals surface area contributed by atoms with Crippen molar-refractivity contribution in [2.24, 2.45) is 0 Å². The summed E-state index contributed by atoms with van der Waals surface area (Å²) in [4.78, 5) is 24.4. The maximum atomic E-state index is 12.3. The molecule has 148 valence electrons. The Bertz CT molecular complexity index is 877. The molecule has 0 aliphatic heterocycles. The van der Waals surface area contributed by atoms with E-state index in [1.54, 1.807) is 24.3 Å². The van der Waals surface area contributed by atoms with E-state index < -0.39 is 11.8 Å². The van der Waals surface area contributed by atoms with Crippen LogP contribution in [0.25, 0.3) is 0 Å². The predicted octanol–water partition coefficient (Wildman–Crippen LogP) is 4.12. The molecule has 0 aliphatic rings. The Morgan fingerprint density at radius 3 is 2.57 bits per heavy atom. The van der Waals surface area contributed by atoms with Crippen LogP contribution < -0.4 is 20.9 Å². The van der Waals surface area contributed by atoms with Crippen molar-refractivity contribution in [2.75, 3.05) is 6.61 Å². The number of carbonyl (C=O) groups excluding carboxylic acids is 2. The zero-order valence-corrected chi connectivity index (χ0v) is 17.4. The molecule has 0 aliphatic carbocycles. The highest BCUT2D eigenvalue weighted by molar-refractivity contribution is 7.80. The molecule has 6 nitrogen and oxygen atoms in total. The minimum Gasteiger partial charge on any atom is -0.494 e. The minimum atomic E-state index is -0.524. The molecule has 2 aromatic rings. The van der Waals surface area contributed by atoms with Crippen LogP contribution in [0.3, 0.4) is 0 Å². The zero-order valence-electron chi connectivity index (χ0n) is 15.1. The molecule has 3 N–H and O–H groups in total. The van der Waals surface area contributed by atoms with E-state index in [0.29, 0.717) is 22.9 Å². The van der Waals surface area contributed by atoms with Gasteiger partial charge in [0.1, 0.15) is 5.75 Å². The monoisotopic (exact) mass is 439 g/mol. The number of carbonyl (C=O) groups is 2. The van der Waals surface area contributed by atoms with Crippen molar-refractivity contribution in [3.8, 4) is 5.75 Å². The third-order valence-corrected chi connectivity index (χ3v) is 4.31. The second kappa shape index (κ2) is 10.8. The van der Waals surface area contributed by atoms with E-state index in [1.807, 2.05) is 0 Å². The van der Waals surface area contributed by atoms with Crippen molar-refractivity contribution < 1.29 is 14.3 Å². The molecule has 2 amide bonds. The number of hydrogen-bond donors (Lipinski definition) is 3. The average Bonchev–Trinajstić information content (AvgIpc) is 2.66. The fourth-order valence-corrected chi connectivity index (χ4v) is 2.76. The summed E-state index contributed by atoms with van der Waals surface area (Å²) >= 11 is 16.8. The van der Waals surface area contributed by atoms with Crippen molar-refractivity contribution in [2.45, 2.75) is 19.8 Å². The second-order valence-corrected chi connectivity index (χ2v) is 6.97. The van der Waals surface area contributed by atoms with Gasteiger partial charge in [-0.15, -0.1) is 0 Å². The molecule has 0 saturated heterocycles. The summed E-state index contributed by atoms with van der Waals surface area (Å²) in [6, 6.07) is 11.2. The first kappa shape index (κ1) is 21.9. The van der Waals surface area contributed by atoms with Crippen LogP contribution in [0.5, 0.6) is 5.75 Å². The van der Waals surface area contributed by atoms with Crippen molar-refractivity contribution in [3.63, 3.8) is 0 Å². The van der Waals surface area contributed by atoms with Gasteiger partial charge in [-0.3, -0.25) is 25.8 Å². The number of hydrogen-bond acceptors (Lipinski definition) is 4. The molecule has 0 fully saturated rings. The summed E-state index contributed by atoms with van der Waals surface area (Å²) in [6.07, 6.45) is 1.95. The van der Waals surface area contributed by atoms with Gasteiger partial charge in [-0.2, -0.15) is 0 Å². The van der Waals surface area contributed by atoms with E-state index in [0.717, 1.165) is 12.8 Å². The first-order valence-electron chi connectivity index (χ1n) is 8.50. The standard InChI is InChI=1S/C19H19Cl2N3O3S/c1-2-3-9-27-14-6-4-5-12(10-14)17(25)22-19(28)24-23-18(26)15-8-7-13(20)11-16(15)21/h4-8,10-11H,2-3,9H2,1H3,(H,23,26)(H2,22,24,25,28). The average molecular weight is 440 g/mol. The fraction of sp³-hybridized carbons (Fsp3) is 0.211. The lowest BCUT2D eigenvalue weighted by Gasteiger charge is -2.12. The van der Waals surface area contributed by atoms with E-state index in [9.17, 15) is 9.59 Å². The second-order valence-electron chi connectivity index (χ2n) is 5.72. The molecule has 0 saturated carbocycles. The molecule has 0 bridgehead atoms. The number of benzene rings is 2. The van der Waals surface area contributed by atoms with Crippen LogP contribution in [0, 0.1) is 0 Å². The Balaban J connectivity index is 1.87. The Hall–Kier alpha value is -2.35. The number of ether oxygens (including phenoxy) is 1. The van der Waals surface area contributed by atoms with Gasteiger partial charge in [-0.25, -0.2) is 0 Å². The Kier molecular flexibility index (Phi) is 8.50. The van der Waals surface area contributed by atoms with Gasteiger partial charge in [0.2, 0.25) is 0 Å². The highest BCUT2D eigenvalue weighted by Gasteiger charge is 2.12. The van der Waals surface area contributed by atoms with Gasteiger partial charge in [0, 0.05) is 10.6 Å². The first-order chi connectivity index (χ1) is 13.4. The molecule has 9 heteroatoms. The van der Waals surface area contributed by atoms with E-state index >= 15 is 0 Å². The van der Waals surface area contributed by atoms with Crippen LogP contribution in [-0.2, 0) is 0 Å². The van der Waals surface area contributed by atoms with E-state index in [-0.39, 0.29) is 15.7 Å². The molecule has 0 atom stereocenters. The molecule has 0 aromatic heterocycles. The van der Waals surface area contributed by atoms with E-state index in [1.165, 1.54) is 18.2 Å². The van der Waals surface area contributed by atoms with Gasteiger partial charge in [-0.1, -0.05) is 42.6 Å². The Morgan fingerprint density at radius 1 is 1.07 bits per heavy atom. The number of unbranched alkanes of at least 4 members (excludes halogenated alkanes) is 1. The molecule has 0 radical (unpaired) electrons. The smallest absolute Gasteiger partial charge is 0.271 e. The normalized spacial score (nSPS) is 10.1. The zero-order chi connectivity index (χ0) is 20.5. The summed E-state index contributed by atoms with van der Waals surface area (Å²) in [5.74, 6) is -0.354. The van der Waals surface area contributed by atoms with E-state index in [2.05, 4.69) is 23.1 Å². The minimum absolute atomic E-state index is 0.0688. The molecular formula is C19H19Cl2N3O3S. The van der Waals surface area contributed by atoms with Gasteiger partial charge in [0.25, 0.3) is 11.8 Å². The number of amides is 2. The third kappa shape index (κ3) is 6.67. The summed E-state index contributed by atoms with van der Waals surface area (Å²) < 4.78 is 5.58. The summed E-state index contributed by atoms with van der Waals surface area (Å²) in [5, 5.41) is 3.02. The van der Waals surface area contributed by atoms with Gasteiger partial charge < -0.3 is 4.74 Å². The molecule has 0 heterocycles. The summed E-state index contributed by atoms with van der Waals surface area (Å²) in [7, 11) is 0. The van der Waals surface area contributed by atoms with Crippen LogP contribution in [0.4, 0.5) is 0 Å². The van der Waals surface area contributed by atoms with Gasteiger partial charge in [-0.05, 0) is 55.0 Å². The Labute approximate surface area is 178 Å². The van der Waals surface area contributed by atoms with Crippen molar-refractivity contribution >= 4 is 52.3 Å². The molecule has 2 rings (SSSR count). The van der Waals surface area contributed by atoms with Crippen molar-refractivity contribution in [1.29, 1.82) is 0 Å². The van der Waals surface area contributed by atoms with Crippen molar-refractivity contribution in [3.05, 3.63) is 63.6 Å². The lowest BCUT2D eigenvalue weighted by atomic mass is 10.2. The largest absolute Gasteiger partial charge is 0.494 e. The number of rotatable bonds is 6. The van der Waals surface area contributed by atoms with Crippen LogP contribution in [-0.4, -0.2) is 23.5 Å². The summed E-state index contributed by atoms with van der Waals surface area (Å²) in [5.41, 5.74) is 5.41. The van der Waals surface area contributed by atoms with Crippen LogP contribution in [0.15, 0.2) is 42.5 Å². The van der Waals surface area contributed by atoms with Crippen molar-refractivity contribution in [1.82, 2.24) is 16.2 Å². The number of thiocarbonyl (C=S) groups is 1. The maximum Gasteiger partial charge on any atom is 0.271 e. The molecule has 0 spiro atoms. The third-order valence-electron chi connectivity index (χ3n) is 3.56. The SMILES string of the molecule is CCCCOc1cccc(C(=O)NC(=S)NNC(=O)c2ccc(Cl)cc2Cl)c1. The topological polar surface area (TPSA) is 79.5 Å². The number of halogens is 2. The lowest BCUT2D eigenvalue weighted by molar-refractivity contribution is 0.0934. The van der Waals surface area contributed by atoms with Gasteiger partial charge in [0.15, 0.2) is 5.11 Å². The van der Waals surface area contributed by atoms with Crippen LogP contribution >= 0.6 is 35.4 Å². The van der Waals surface area contributed by atoms with E-state index in [4.69, 9.17) is 40.2 Å². The molecule has 0 unspecified atom stereocenters. The first-order valence-corrected chi connectivity index (χ1v) is 9.66. The van der Waals surface area contributed by atoms with Gasteiger partial charge in [0.05, 0.1) is 17.2 Å². The predicted molar refractivity (Wildman–Crippen MR) is 114 cm³/mol. The van der Waals surface area contributed by atoms with Gasteiger partial charge >= 0.3 is 0 Å². The number of nitrogens with one attached hydrogen (secondary N) is 3. The van der Waals surface area contributed by atoms with Crippen LogP contribution in [0.1, 0.15) is 40.5 Å². The maximum absolute atomic E-state index is 12.3. The number of hydrazine groups is 1. The Morgan fingerprint density at radius 2 is 1.86 bits per heavy atom. The summed E-state index contributed by atoms with van der Waals surface area (Å²) in [6.45, 7) is 2.65. The molecular weight excluding hydrogens is 421 g/mol. The highest BCUT2D eigenvalue weighted by atomic mass is 35.5. The highest BCUT2D eigenvalue weighted by Crippen LogP contribution is 2.20.